The lowest BCUT2D eigenvalue weighted by Crippen LogP contribution is -2.36. The molecule has 118 valence electrons. The minimum Gasteiger partial charge on any atom is -0.395 e. The summed E-state index contributed by atoms with van der Waals surface area (Å²) in [5, 5.41) is 11.9. The van der Waals surface area contributed by atoms with Gasteiger partial charge in [0.05, 0.1) is 12.2 Å². The van der Waals surface area contributed by atoms with Crippen molar-refractivity contribution >= 4 is 11.6 Å². The van der Waals surface area contributed by atoms with E-state index in [4.69, 9.17) is 0 Å². The van der Waals surface area contributed by atoms with Crippen molar-refractivity contribution in [3.8, 4) is 0 Å². The fourth-order valence-corrected chi connectivity index (χ4v) is 2.76. The molecule has 1 fully saturated rings. The summed E-state index contributed by atoms with van der Waals surface area (Å²) >= 11 is 0. The van der Waals surface area contributed by atoms with Crippen molar-refractivity contribution < 1.29 is 18.3 Å². The molecule has 0 radical (unpaired) electrons. The van der Waals surface area contributed by atoms with Gasteiger partial charge in [-0.3, -0.25) is 0 Å². The van der Waals surface area contributed by atoms with Crippen LogP contribution in [-0.4, -0.2) is 36.3 Å². The van der Waals surface area contributed by atoms with Crippen molar-refractivity contribution in [2.24, 2.45) is 0 Å². The van der Waals surface area contributed by atoms with Crippen LogP contribution in [-0.2, 0) is 6.18 Å². The van der Waals surface area contributed by atoms with Crippen LogP contribution >= 0.6 is 0 Å². The molecular weight excluding hydrogens is 283 g/mol. The molecule has 7 heteroatoms. The lowest BCUT2D eigenvalue weighted by molar-refractivity contribution is -0.137. The van der Waals surface area contributed by atoms with E-state index in [-0.39, 0.29) is 24.3 Å². The molecule has 2 N–H and O–H groups in total. The minimum atomic E-state index is -4.41. The summed E-state index contributed by atoms with van der Waals surface area (Å²) in [7, 11) is 1.54. The second-order valence-electron chi connectivity index (χ2n) is 5.20. The summed E-state index contributed by atoms with van der Waals surface area (Å²) in [6, 6.07) is 2.21. The van der Waals surface area contributed by atoms with Gasteiger partial charge in [-0.1, -0.05) is 12.8 Å². The minimum absolute atomic E-state index is 0.108. The lowest BCUT2D eigenvalue weighted by atomic mass is 10.2. The standard InChI is InChI=1S/C14H20F3N3O/c1-18-12-8-10(14(15,16)17)9-13(19-12)20(6-7-21)11-4-2-3-5-11/h8-9,11,21H,2-7H2,1H3,(H,18,19). The number of aliphatic hydroxyl groups is 1. The highest BCUT2D eigenvalue weighted by molar-refractivity contribution is 5.51. The van der Waals surface area contributed by atoms with Gasteiger partial charge < -0.3 is 15.3 Å². The van der Waals surface area contributed by atoms with E-state index >= 15 is 0 Å². The molecule has 1 heterocycles. The summed E-state index contributed by atoms with van der Waals surface area (Å²) in [5.74, 6) is 0.455. The number of pyridine rings is 1. The van der Waals surface area contributed by atoms with Crippen LogP contribution in [0.3, 0.4) is 0 Å². The molecule has 0 spiro atoms. The normalized spacial score (nSPS) is 16.2. The molecule has 0 aromatic carbocycles. The zero-order valence-corrected chi connectivity index (χ0v) is 12.0. The molecule has 1 aliphatic rings. The number of anilines is 2. The van der Waals surface area contributed by atoms with Crippen LogP contribution in [0.25, 0.3) is 0 Å². The maximum Gasteiger partial charge on any atom is 0.416 e. The second-order valence-corrected chi connectivity index (χ2v) is 5.20. The van der Waals surface area contributed by atoms with Crippen LogP contribution in [0.4, 0.5) is 24.8 Å². The molecule has 1 saturated carbocycles. The Morgan fingerprint density at radius 3 is 2.52 bits per heavy atom. The summed E-state index contributed by atoms with van der Waals surface area (Å²) in [5.41, 5.74) is -0.724. The first kappa shape index (κ1) is 15.9. The van der Waals surface area contributed by atoms with Crippen LogP contribution in [0.1, 0.15) is 31.2 Å². The number of alkyl halides is 3. The highest BCUT2D eigenvalue weighted by Crippen LogP contribution is 2.34. The highest BCUT2D eigenvalue weighted by atomic mass is 19.4. The van der Waals surface area contributed by atoms with Gasteiger partial charge in [0.1, 0.15) is 11.6 Å². The van der Waals surface area contributed by atoms with E-state index in [1.165, 1.54) is 7.05 Å². The lowest BCUT2D eigenvalue weighted by Gasteiger charge is -2.30. The molecule has 0 aliphatic heterocycles. The third-order valence-corrected chi connectivity index (χ3v) is 3.80. The van der Waals surface area contributed by atoms with Crippen molar-refractivity contribution in [2.75, 3.05) is 30.4 Å². The molecule has 21 heavy (non-hydrogen) atoms. The second kappa shape index (κ2) is 6.51. The molecule has 1 aromatic heterocycles. The van der Waals surface area contributed by atoms with Gasteiger partial charge in [-0.2, -0.15) is 13.2 Å². The van der Waals surface area contributed by atoms with E-state index in [9.17, 15) is 18.3 Å². The molecule has 0 unspecified atom stereocenters. The fourth-order valence-electron chi connectivity index (χ4n) is 2.76. The Hall–Kier alpha value is -1.50. The summed E-state index contributed by atoms with van der Waals surface area (Å²) in [6.45, 7) is 0.186. The zero-order valence-electron chi connectivity index (χ0n) is 12.0. The number of aliphatic hydroxyl groups excluding tert-OH is 1. The fraction of sp³-hybridized carbons (Fsp3) is 0.643. The van der Waals surface area contributed by atoms with Gasteiger partial charge >= 0.3 is 6.18 Å². The molecule has 2 rings (SSSR count). The van der Waals surface area contributed by atoms with E-state index in [2.05, 4.69) is 10.3 Å². The van der Waals surface area contributed by atoms with Gasteiger partial charge in [-0.25, -0.2) is 4.98 Å². The Balaban J connectivity index is 2.38. The Bertz CT molecular complexity index is 473. The number of hydrogen-bond donors (Lipinski definition) is 2. The van der Waals surface area contributed by atoms with Crippen LogP contribution in [0, 0.1) is 0 Å². The Morgan fingerprint density at radius 1 is 1.33 bits per heavy atom. The van der Waals surface area contributed by atoms with Gasteiger partial charge in [-0.15, -0.1) is 0 Å². The molecule has 0 atom stereocenters. The Morgan fingerprint density at radius 2 is 2.00 bits per heavy atom. The number of rotatable bonds is 5. The smallest absolute Gasteiger partial charge is 0.395 e. The number of aromatic nitrogens is 1. The van der Waals surface area contributed by atoms with Gasteiger partial charge in [-0.05, 0) is 25.0 Å². The van der Waals surface area contributed by atoms with Gasteiger partial charge in [0.15, 0.2) is 0 Å². The monoisotopic (exact) mass is 303 g/mol. The maximum absolute atomic E-state index is 13.0. The SMILES string of the molecule is CNc1cc(C(F)(F)F)cc(N(CCO)C2CCCC2)n1. The van der Waals surface area contributed by atoms with E-state index < -0.39 is 11.7 Å². The molecule has 0 saturated heterocycles. The molecule has 1 aliphatic carbocycles. The zero-order chi connectivity index (χ0) is 15.5. The summed E-state index contributed by atoms with van der Waals surface area (Å²) in [6.07, 6.45) is -0.446. The molecular formula is C14H20F3N3O. The van der Waals surface area contributed by atoms with Gasteiger partial charge in [0.25, 0.3) is 0 Å². The van der Waals surface area contributed by atoms with Crippen LogP contribution in [0.2, 0.25) is 0 Å². The molecule has 0 amide bonds. The average Bonchev–Trinajstić information content (AvgIpc) is 2.97. The van der Waals surface area contributed by atoms with E-state index in [0.717, 1.165) is 37.8 Å². The van der Waals surface area contributed by atoms with Crippen molar-refractivity contribution in [2.45, 2.75) is 37.9 Å². The van der Waals surface area contributed by atoms with Crippen molar-refractivity contribution in [1.29, 1.82) is 0 Å². The number of halogens is 3. The first-order valence-corrected chi connectivity index (χ1v) is 7.10. The van der Waals surface area contributed by atoms with Crippen LogP contribution < -0.4 is 10.2 Å². The van der Waals surface area contributed by atoms with Gasteiger partial charge in [0.2, 0.25) is 0 Å². The average molecular weight is 303 g/mol. The number of nitrogens with zero attached hydrogens (tertiary/aromatic N) is 2. The molecule has 0 bridgehead atoms. The van der Waals surface area contributed by atoms with Crippen molar-refractivity contribution in [3.63, 3.8) is 0 Å². The van der Waals surface area contributed by atoms with E-state index in [1.54, 1.807) is 4.90 Å². The van der Waals surface area contributed by atoms with Crippen molar-refractivity contribution in [3.05, 3.63) is 17.7 Å². The molecule has 4 nitrogen and oxygen atoms in total. The predicted molar refractivity (Wildman–Crippen MR) is 75.5 cm³/mol. The largest absolute Gasteiger partial charge is 0.416 e. The first-order valence-electron chi connectivity index (χ1n) is 7.10. The summed E-state index contributed by atoms with van der Waals surface area (Å²) < 4.78 is 39.0. The maximum atomic E-state index is 13.0. The third kappa shape index (κ3) is 3.78. The quantitative estimate of drug-likeness (QED) is 0.878. The van der Waals surface area contributed by atoms with Gasteiger partial charge in [0, 0.05) is 19.6 Å². The van der Waals surface area contributed by atoms with E-state index in [1.807, 2.05) is 0 Å². The van der Waals surface area contributed by atoms with Crippen molar-refractivity contribution in [1.82, 2.24) is 4.98 Å². The Labute approximate surface area is 122 Å². The number of nitrogens with one attached hydrogen (secondary N) is 1. The van der Waals surface area contributed by atoms with Crippen LogP contribution in [0.5, 0.6) is 0 Å². The topological polar surface area (TPSA) is 48.4 Å². The highest BCUT2D eigenvalue weighted by Gasteiger charge is 2.33. The Kier molecular flexibility index (Phi) is 4.92. The summed E-state index contributed by atoms with van der Waals surface area (Å²) in [4.78, 5) is 6.03. The van der Waals surface area contributed by atoms with E-state index in [0.29, 0.717) is 6.54 Å². The van der Waals surface area contributed by atoms with Crippen LogP contribution in [0.15, 0.2) is 12.1 Å². The first-order chi connectivity index (χ1) is 9.95. The predicted octanol–water partition coefficient (Wildman–Crippen LogP) is 2.88. The molecule has 1 aromatic rings. The third-order valence-electron chi connectivity index (χ3n) is 3.80. The number of hydrogen-bond acceptors (Lipinski definition) is 4.